The molecule has 0 saturated heterocycles. The van der Waals surface area contributed by atoms with Gasteiger partial charge in [-0.2, -0.15) is 3.89 Å². The van der Waals surface area contributed by atoms with E-state index in [0.29, 0.717) is 18.1 Å². The van der Waals surface area contributed by atoms with Crippen LogP contribution in [0.5, 0.6) is 0 Å². The summed E-state index contributed by atoms with van der Waals surface area (Å²) in [6.45, 7) is 0. The second kappa shape index (κ2) is 4.83. The van der Waals surface area contributed by atoms with Gasteiger partial charge in [0, 0.05) is 4.90 Å². The zero-order valence-electron chi connectivity index (χ0n) is 8.21. The van der Waals surface area contributed by atoms with E-state index < -0.39 is 0 Å². The topological polar surface area (TPSA) is 0 Å². The van der Waals surface area contributed by atoms with Gasteiger partial charge in [0.1, 0.15) is 0 Å². The first-order valence-electron chi connectivity index (χ1n) is 5.29. The van der Waals surface area contributed by atoms with Crippen molar-refractivity contribution >= 4 is 12.1 Å². The van der Waals surface area contributed by atoms with Crippen molar-refractivity contribution in [2.45, 2.75) is 42.9 Å². The Morgan fingerprint density at radius 2 is 1.79 bits per heavy atom. The second-order valence-corrected chi connectivity index (χ2v) is 4.54. The van der Waals surface area contributed by atoms with Crippen molar-refractivity contribution in [3.05, 3.63) is 29.8 Å². The molecular formula is C12H15FS. The molecule has 1 aliphatic carbocycles. The van der Waals surface area contributed by atoms with Gasteiger partial charge in [-0.25, -0.2) is 0 Å². The van der Waals surface area contributed by atoms with E-state index in [1.165, 1.54) is 37.7 Å². The van der Waals surface area contributed by atoms with E-state index in [9.17, 15) is 3.89 Å². The number of halogens is 1. The molecule has 0 spiro atoms. The molecule has 0 bridgehead atoms. The Morgan fingerprint density at radius 3 is 2.50 bits per heavy atom. The Hall–Kier alpha value is -0.500. The highest BCUT2D eigenvalue weighted by molar-refractivity contribution is 7.94. The zero-order chi connectivity index (χ0) is 9.80. The summed E-state index contributed by atoms with van der Waals surface area (Å²) in [5, 5.41) is 0. The highest BCUT2D eigenvalue weighted by Gasteiger charge is 2.18. The first kappa shape index (κ1) is 10.0. The van der Waals surface area contributed by atoms with Crippen molar-refractivity contribution < 1.29 is 3.89 Å². The highest BCUT2D eigenvalue weighted by atomic mass is 32.2. The number of hydrogen-bond donors (Lipinski definition) is 0. The second-order valence-electron chi connectivity index (χ2n) is 3.95. The summed E-state index contributed by atoms with van der Waals surface area (Å²) < 4.78 is 12.7. The van der Waals surface area contributed by atoms with Crippen LogP contribution in [-0.2, 0) is 0 Å². The van der Waals surface area contributed by atoms with E-state index in [0.717, 1.165) is 4.90 Å². The molecule has 1 aromatic carbocycles. The lowest BCUT2D eigenvalue weighted by molar-refractivity contribution is 0.439. The van der Waals surface area contributed by atoms with E-state index in [-0.39, 0.29) is 0 Å². The summed E-state index contributed by atoms with van der Waals surface area (Å²) in [4.78, 5) is 0.819. The third-order valence-corrected chi connectivity index (χ3v) is 3.59. The fourth-order valence-corrected chi connectivity index (χ4v) is 2.76. The molecule has 1 saturated carbocycles. The first-order chi connectivity index (χ1) is 6.92. The molecule has 0 atom stereocenters. The van der Waals surface area contributed by atoms with Crippen LogP contribution in [0.4, 0.5) is 3.89 Å². The van der Waals surface area contributed by atoms with Crippen LogP contribution in [0.1, 0.15) is 43.6 Å². The minimum absolute atomic E-state index is 0.389. The summed E-state index contributed by atoms with van der Waals surface area (Å²) in [5.41, 5.74) is 1.22. The smallest absolute Gasteiger partial charge is 0.0815 e. The summed E-state index contributed by atoms with van der Waals surface area (Å²) in [7, 11) is 0. The van der Waals surface area contributed by atoms with Crippen molar-refractivity contribution in [3.63, 3.8) is 0 Å². The van der Waals surface area contributed by atoms with Crippen molar-refractivity contribution in [2.75, 3.05) is 0 Å². The fourth-order valence-electron chi connectivity index (χ4n) is 2.30. The summed E-state index contributed by atoms with van der Waals surface area (Å²) >= 11 is 0.389. The molecule has 1 fully saturated rings. The van der Waals surface area contributed by atoms with Gasteiger partial charge in [0.15, 0.2) is 0 Å². The van der Waals surface area contributed by atoms with E-state index in [2.05, 4.69) is 6.07 Å². The summed E-state index contributed by atoms with van der Waals surface area (Å²) in [5.74, 6) is 0.600. The van der Waals surface area contributed by atoms with E-state index >= 15 is 0 Å². The molecule has 0 aliphatic heterocycles. The average molecular weight is 210 g/mol. The minimum Gasteiger partial charge on any atom is -0.160 e. The van der Waals surface area contributed by atoms with Gasteiger partial charge < -0.3 is 0 Å². The normalized spacial score (nSPS) is 18.4. The Kier molecular flexibility index (Phi) is 3.46. The van der Waals surface area contributed by atoms with Crippen molar-refractivity contribution in [3.8, 4) is 0 Å². The van der Waals surface area contributed by atoms with Crippen molar-refractivity contribution in [1.29, 1.82) is 0 Å². The standard InChI is InChI=1S/C12H15FS/c13-14-12-9-5-4-8-11(12)10-6-2-1-3-7-10/h4-5,8-10H,1-3,6-7H2. The van der Waals surface area contributed by atoms with Crippen LogP contribution in [0, 0.1) is 0 Å². The van der Waals surface area contributed by atoms with Crippen LogP contribution < -0.4 is 0 Å². The van der Waals surface area contributed by atoms with Gasteiger partial charge in [-0.15, -0.1) is 0 Å². The maximum absolute atomic E-state index is 12.7. The van der Waals surface area contributed by atoms with Crippen LogP contribution >= 0.6 is 12.1 Å². The highest BCUT2D eigenvalue weighted by Crippen LogP contribution is 2.37. The quantitative estimate of drug-likeness (QED) is 0.681. The largest absolute Gasteiger partial charge is 0.160 e. The SMILES string of the molecule is FSc1ccccc1C1CCCCC1. The van der Waals surface area contributed by atoms with Crippen LogP contribution in [-0.4, -0.2) is 0 Å². The predicted molar refractivity (Wildman–Crippen MR) is 59.2 cm³/mol. The monoisotopic (exact) mass is 210 g/mol. The molecule has 76 valence electrons. The lowest BCUT2D eigenvalue weighted by Crippen LogP contribution is -2.05. The van der Waals surface area contributed by atoms with Gasteiger partial charge >= 0.3 is 0 Å². The van der Waals surface area contributed by atoms with Crippen LogP contribution in [0.25, 0.3) is 0 Å². The lowest BCUT2D eigenvalue weighted by atomic mass is 9.84. The molecule has 2 heteroatoms. The van der Waals surface area contributed by atoms with Gasteiger partial charge in [-0.05, 0) is 30.4 Å². The van der Waals surface area contributed by atoms with Gasteiger partial charge in [0.05, 0.1) is 12.1 Å². The molecule has 1 aliphatic rings. The third kappa shape index (κ3) is 2.11. The third-order valence-electron chi connectivity index (χ3n) is 3.05. The molecule has 0 N–H and O–H groups in total. The molecule has 2 rings (SSSR count). The fraction of sp³-hybridized carbons (Fsp3) is 0.500. The summed E-state index contributed by atoms with van der Waals surface area (Å²) in [6.07, 6.45) is 6.42. The minimum atomic E-state index is 0.389. The molecule has 0 unspecified atom stereocenters. The lowest BCUT2D eigenvalue weighted by Gasteiger charge is -2.23. The molecule has 0 heterocycles. The number of benzene rings is 1. The van der Waals surface area contributed by atoms with Crippen molar-refractivity contribution in [1.82, 2.24) is 0 Å². The number of hydrogen-bond acceptors (Lipinski definition) is 1. The molecule has 14 heavy (non-hydrogen) atoms. The molecule has 0 radical (unpaired) electrons. The molecule has 0 aromatic heterocycles. The Balaban J connectivity index is 2.20. The van der Waals surface area contributed by atoms with Gasteiger partial charge in [0.25, 0.3) is 0 Å². The maximum atomic E-state index is 12.7. The van der Waals surface area contributed by atoms with E-state index in [1.54, 1.807) is 0 Å². The van der Waals surface area contributed by atoms with Crippen LogP contribution in [0.3, 0.4) is 0 Å². The molecule has 0 amide bonds. The molecule has 0 nitrogen and oxygen atoms in total. The molecular weight excluding hydrogens is 195 g/mol. The Bertz CT molecular complexity index is 292. The maximum Gasteiger partial charge on any atom is 0.0815 e. The predicted octanol–water partition coefficient (Wildman–Crippen LogP) is 4.71. The number of rotatable bonds is 2. The van der Waals surface area contributed by atoms with Crippen LogP contribution in [0.15, 0.2) is 29.2 Å². The van der Waals surface area contributed by atoms with Crippen molar-refractivity contribution in [2.24, 2.45) is 0 Å². The van der Waals surface area contributed by atoms with Gasteiger partial charge in [-0.3, -0.25) is 0 Å². The Morgan fingerprint density at radius 1 is 1.07 bits per heavy atom. The molecule has 1 aromatic rings. The van der Waals surface area contributed by atoms with Gasteiger partial charge in [-0.1, -0.05) is 37.5 Å². The zero-order valence-corrected chi connectivity index (χ0v) is 9.02. The van der Waals surface area contributed by atoms with E-state index in [1.807, 2.05) is 18.2 Å². The Labute approximate surface area is 89.2 Å². The van der Waals surface area contributed by atoms with Crippen LogP contribution in [0.2, 0.25) is 0 Å². The van der Waals surface area contributed by atoms with Gasteiger partial charge in [0.2, 0.25) is 0 Å². The average Bonchev–Trinajstić information content (AvgIpc) is 2.30. The summed E-state index contributed by atoms with van der Waals surface area (Å²) in [6, 6.07) is 7.89. The first-order valence-corrected chi connectivity index (χ1v) is 6.01. The van der Waals surface area contributed by atoms with E-state index in [4.69, 9.17) is 0 Å².